The number of benzene rings is 1. The number of halogens is 1. The minimum absolute atomic E-state index is 0.102. The number of ether oxygens (including phenoxy) is 1. The maximum absolute atomic E-state index is 13.7. The van der Waals surface area contributed by atoms with Crippen LogP contribution in [0.3, 0.4) is 0 Å². The predicted octanol–water partition coefficient (Wildman–Crippen LogP) is 4.33. The molecule has 2 unspecified atom stereocenters. The van der Waals surface area contributed by atoms with Gasteiger partial charge < -0.3 is 9.64 Å². The van der Waals surface area contributed by atoms with Crippen LogP contribution < -0.4 is 9.80 Å². The van der Waals surface area contributed by atoms with Crippen molar-refractivity contribution in [3.63, 3.8) is 0 Å². The van der Waals surface area contributed by atoms with Crippen LogP contribution in [0.1, 0.15) is 22.9 Å². The fourth-order valence-electron chi connectivity index (χ4n) is 5.78. The number of anilines is 2. The Bertz CT molecular complexity index is 1440. The molecule has 2 aromatic heterocycles. The third kappa shape index (κ3) is 4.24. The summed E-state index contributed by atoms with van der Waals surface area (Å²) < 4.78 is 20.4. The summed E-state index contributed by atoms with van der Waals surface area (Å²) in [6.07, 6.45) is 9.34. The van der Waals surface area contributed by atoms with Gasteiger partial charge in [-0.15, -0.1) is 11.3 Å². The zero-order valence-electron chi connectivity index (χ0n) is 20.8. The van der Waals surface area contributed by atoms with Gasteiger partial charge in [-0.1, -0.05) is 30.4 Å². The predicted molar refractivity (Wildman–Crippen MR) is 146 cm³/mol. The molecule has 1 saturated heterocycles. The van der Waals surface area contributed by atoms with Gasteiger partial charge in [0.15, 0.2) is 5.82 Å². The first-order valence-electron chi connectivity index (χ1n) is 12.9. The Hall–Kier alpha value is -3.14. The first-order chi connectivity index (χ1) is 18.1. The van der Waals surface area contributed by atoms with E-state index in [9.17, 15) is 4.39 Å². The maximum Gasteiger partial charge on any atom is 0.234 e. The number of fused-ring (bicyclic) bond motifs is 3. The van der Waals surface area contributed by atoms with Crippen LogP contribution in [0.25, 0.3) is 10.2 Å². The van der Waals surface area contributed by atoms with E-state index >= 15 is 0 Å². The minimum atomic E-state index is -0.147. The van der Waals surface area contributed by atoms with Gasteiger partial charge in [-0.3, -0.25) is 14.8 Å². The normalized spacial score (nSPS) is 23.5. The third-order valence-electron chi connectivity index (χ3n) is 7.62. The summed E-state index contributed by atoms with van der Waals surface area (Å²) in [5.41, 5.74) is 3.33. The van der Waals surface area contributed by atoms with Gasteiger partial charge in [0.1, 0.15) is 11.7 Å². The molecule has 0 bridgehead atoms. The lowest BCUT2D eigenvalue weighted by atomic mass is 10.00. The summed E-state index contributed by atoms with van der Waals surface area (Å²) in [5, 5.41) is 0. The number of aromatic nitrogens is 2. The Balaban J connectivity index is 1.23. The number of amidine groups is 1. The van der Waals surface area contributed by atoms with Crippen LogP contribution in [-0.4, -0.2) is 65.6 Å². The fraction of sp³-hybridized carbons (Fsp3) is 0.393. The van der Waals surface area contributed by atoms with E-state index in [1.807, 2.05) is 13.0 Å². The highest BCUT2D eigenvalue weighted by Crippen LogP contribution is 2.37. The highest BCUT2D eigenvalue weighted by Gasteiger charge is 2.35. The molecule has 0 amide bonds. The van der Waals surface area contributed by atoms with Crippen LogP contribution in [0.15, 0.2) is 53.6 Å². The lowest BCUT2D eigenvalue weighted by Crippen LogP contribution is -2.40. The van der Waals surface area contributed by atoms with Gasteiger partial charge in [-0.25, -0.2) is 9.37 Å². The van der Waals surface area contributed by atoms with E-state index in [-0.39, 0.29) is 17.9 Å². The van der Waals surface area contributed by atoms with Crippen LogP contribution >= 0.6 is 11.3 Å². The number of morpholine rings is 1. The van der Waals surface area contributed by atoms with E-state index in [1.54, 1.807) is 23.5 Å². The molecule has 1 fully saturated rings. The monoisotopic (exact) mass is 516 g/mol. The Morgan fingerprint density at radius 1 is 1.05 bits per heavy atom. The van der Waals surface area contributed by atoms with Crippen LogP contribution in [0, 0.1) is 5.82 Å². The van der Waals surface area contributed by atoms with E-state index in [2.05, 4.69) is 45.1 Å². The van der Waals surface area contributed by atoms with Gasteiger partial charge in [0, 0.05) is 37.6 Å². The second-order valence-corrected chi connectivity index (χ2v) is 11.2. The number of hydrogen-bond acceptors (Lipinski definition) is 8. The van der Waals surface area contributed by atoms with Crippen molar-refractivity contribution in [3.8, 4) is 0 Å². The largest absolute Gasteiger partial charge is 0.378 e. The second-order valence-electron chi connectivity index (χ2n) is 10.0. The lowest BCUT2D eigenvalue weighted by molar-refractivity contribution is 0.122. The van der Waals surface area contributed by atoms with Crippen molar-refractivity contribution in [3.05, 3.63) is 70.4 Å². The van der Waals surface area contributed by atoms with Gasteiger partial charge in [-0.2, -0.15) is 4.98 Å². The molecule has 1 aliphatic carbocycles. The minimum Gasteiger partial charge on any atom is -0.378 e. The quantitative estimate of drug-likeness (QED) is 0.515. The molecule has 0 saturated carbocycles. The number of aliphatic imine (C=N–C) groups is 1. The smallest absolute Gasteiger partial charge is 0.234 e. The van der Waals surface area contributed by atoms with Crippen molar-refractivity contribution < 1.29 is 9.13 Å². The van der Waals surface area contributed by atoms with Crippen LogP contribution in [0.2, 0.25) is 0 Å². The molecule has 37 heavy (non-hydrogen) atoms. The second kappa shape index (κ2) is 9.31. The topological polar surface area (TPSA) is 57.1 Å². The molecule has 3 aliphatic heterocycles. The first-order valence-corrected chi connectivity index (χ1v) is 13.8. The summed E-state index contributed by atoms with van der Waals surface area (Å²) in [5.74, 6) is 2.50. The lowest BCUT2D eigenvalue weighted by Gasteiger charge is -2.30. The summed E-state index contributed by atoms with van der Waals surface area (Å²) in [6, 6.07) is 7.62. The molecule has 9 heteroatoms. The molecular formula is C28H29FN6OS. The summed E-state index contributed by atoms with van der Waals surface area (Å²) in [4.78, 5) is 23.3. The van der Waals surface area contributed by atoms with E-state index in [1.165, 1.54) is 10.4 Å². The van der Waals surface area contributed by atoms with E-state index < -0.39 is 0 Å². The molecule has 190 valence electrons. The van der Waals surface area contributed by atoms with Crippen molar-refractivity contribution in [2.75, 3.05) is 42.6 Å². The zero-order chi connectivity index (χ0) is 24.9. The SMILES string of the molecule is CC1=NC2C=CC=CC2N1c1nc(N2CCOCC2)c2sc(CN3CCc4cc(F)ccc4C3)cc2n1. The number of hydrogen-bond donors (Lipinski definition) is 0. The fourth-order valence-corrected chi connectivity index (χ4v) is 6.93. The highest BCUT2D eigenvalue weighted by atomic mass is 32.1. The van der Waals surface area contributed by atoms with Crippen LogP contribution in [-0.2, 0) is 24.2 Å². The summed E-state index contributed by atoms with van der Waals surface area (Å²) in [6.45, 7) is 7.69. The highest BCUT2D eigenvalue weighted by molar-refractivity contribution is 7.19. The molecule has 0 radical (unpaired) electrons. The Morgan fingerprint density at radius 2 is 1.92 bits per heavy atom. The molecular weight excluding hydrogens is 487 g/mol. The van der Waals surface area contributed by atoms with Crippen LogP contribution in [0.5, 0.6) is 0 Å². The molecule has 7 rings (SSSR count). The van der Waals surface area contributed by atoms with Crippen molar-refractivity contribution in [2.45, 2.75) is 38.5 Å². The van der Waals surface area contributed by atoms with Gasteiger partial charge in [0.25, 0.3) is 0 Å². The number of allylic oxidation sites excluding steroid dienone is 2. The standard InChI is InChI=1S/C28H29FN6OS/c1-18-30-23-4-2-3-5-25(23)35(18)28-31-24-15-22(37-26(24)27(32-28)34-10-12-36-13-11-34)17-33-9-8-19-14-21(29)7-6-20(19)16-33/h2-7,14-15,23,25H,8-13,16-17H2,1H3. The van der Waals surface area contributed by atoms with Gasteiger partial charge >= 0.3 is 0 Å². The maximum atomic E-state index is 13.7. The zero-order valence-corrected chi connectivity index (χ0v) is 21.6. The van der Waals surface area contributed by atoms with Gasteiger partial charge in [0.05, 0.1) is 35.5 Å². The molecule has 0 N–H and O–H groups in total. The number of thiophene rings is 1. The van der Waals surface area contributed by atoms with Crippen molar-refractivity contribution in [2.24, 2.45) is 4.99 Å². The van der Waals surface area contributed by atoms with Crippen molar-refractivity contribution in [1.29, 1.82) is 0 Å². The van der Waals surface area contributed by atoms with E-state index in [4.69, 9.17) is 19.7 Å². The molecule has 7 nitrogen and oxygen atoms in total. The summed E-state index contributed by atoms with van der Waals surface area (Å²) >= 11 is 1.79. The van der Waals surface area contributed by atoms with E-state index in [0.717, 1.165) is 66.6 Å². The number of rotatable bonds is 4. The van der Waals surface area contributed by atoms with Crippen LogP contribution in [0.4, 0.5) is 16.2 Å². The van der Waals surface area contributed by atoms with E-state index in [0.29, 0.717) is 19.2 Å². The molecule has 2 atom stereocenters. The average molecular weight is 517 g/mol. The van der Waals surface area contributed by atoms with Gasteiger partial charge in [-0.05, 0) is 42.7 Å². The Morgan fingerprint density at radius 3 is 2.81 bits per heavy atom. The van der Waals surface area contributed by atoms with Crippen molar-refractivity contribution >= 4 is 39.2 Å². The molecule has 1 aromatic carbocycles. The molecule has 0 spiro atoms. The summed E-state index contributed by atoms with van der Waals surface area (Å²) in [7, 11) is 0. The Labute approximate surface area is 219 Å². The van der Waals surface area contributed by atoms with Crippen molar-refractivity contribution in [1.82, 2.24) is 14.9 Å². The number of nitrogens with zero attached hydrogens (tertiary/aromatic N) is 6. The molecule has 3 aromatic rings. The van der Waals surface area contributed by atoms with Gasteiger partial charge in [0.2, 0.25) is 5.95 Å². The molecule has 4 aliphatic rings. The first kappa shape index (κ1) is 23.0. The Kier molecular flexibility index (Phi) is 5.79. The average Bonchev–Trinajstić information content (AvgIpc) is 3.47. The third-order valence-corrected chi connectivity index (χ3v) is 8.72. The molecule has 5 heterocycles.